The molecule has 0 aliphatic carbocycles. The van der Waals surface area contributed by atoms with E-state index in [-0.39, 0.29) is 0 Å². The monoisotopic (exact) mass is 456 g/mol. The molecule has 4 heteroatoms. The summed E-state index contributed by atoms with van der Waals surface area (Å²) >= 11 is 5.95. The highest BCUT2D eigenvalue weighted by atomic mass is 35.5. The largest absolute Gasteiger partial charge is 0.490 e. The normalized spacial score (nSPS) is 11.4. The van der Waals surface area contributed by atoms with E-state index in [0.29, 0.717) is 19.8 Å². The molecule has 0 fully saturated rings. The van der Waals surface area contributed by atoms with E-state index in [2.05, 4.69) is 26.8 Å². The average Bonchev–Trinajstić information content (AvgIpc) is 2.80. The summed E-state index contributed by atoms with van der Waals surface area (Å²) in [6.07, 6.45) is 14.4. The first kappa shape index (κ1) is 25.9. The highest BCUT2D eigenvalue weighted by molar-refractivity contribution is 6.30. The topological polar surface area (TPSA) is 27.7 Å². The summed E-state index contributed by atoms with van der Waals surface area (Å²) in [5.74, 6) is 2.23. The first-order valence-corrected chi connectivity index (χ1v) is 12.2. The lowest BCUT2D eigenvalue weighted by molar-refractivity contribution is 0.237. The first-order valence-electron chi connectivity index (χ1n) is 11.8. The molecular formula is C28H37ClO3. The van der Waals surface area contributed by atoms with Gasteiger partial charge in [0.15, 0.2) is 11.5 Å². The van der Waals surface area contributed by atoms with Gasteiger partial charge in [-0.2, -0.15) is 0 Å². The van der Waals surface area contributed by atoms with Crippen molar-refractivity contribution in [1.29, 1.82) is 0 Å². The third kappa shape index (κ3) is 9.40. The molecule has 0 saturated carbocycles. The molecular weight excluding hydrogens is 420 g/mol. The molecule has 0 aliphatic heterocycles. The van der Waals surface area contributed by atoms with Gasteiger partial charge in [0.2, 0.25) is 5.75 Å². The minimum Gasteiger partial charge on any atom is -0.490 e. The lowest BCUT2D eigenvalue weighted by atomic mass is 10.1. The molecule has 0 atom stereocenters. The van der Waals surface area contributed by atoms with Crippen molar-refractivity contribution in [2.24, 2.45) is 0 Å². The number of allylic oxidation sites excluding steroid dienone is 2. The van der Waals surface area contributed by atoms with E-state index in [4.69, 9.17) is 25.8 Å². The predicted octanol–water partition coefficient (Wildman–Crippen LogP) is 8.60. The first-order chi connectivity index (χ1) is 15.7. The predicted molar refractivity (Wildman–Crippen MR) is 137 cm³/mol. The molecule has 0 saturated heterocycles. The lowest BCUT2D eigenvalue weighted by Crippen LogP contribution is -2.06. The van der Waals surface area contributed by atoms with Crippen molar-refractivity contribution in [1.82, 2.24) is 0 Å². The quantitative estimate of drug-likeness (QED) is 0.198. The number of halogens is 1. The second-order valence-electron chi connectivity index (χ2n) is 7.72. The Hall–Kier alpha value is -2.39. The van der Waals surface area contributed by atoms with Crippen LogP contribution >= 0.6 is 11.6 Å². The lowest BCUT2D eigenvalue weighted by Gasteiger charge is -2.18. The fourth-order valence-electron chi connectivity index (χ4n) is 2.93. The van der Waals surface area contributed by atoms with Crippen LogP contribution in [-0.4, -0.2) is 19.8 Å². The van der Waals surface area contributed by atoms with Crippen LogP contribution in [0.5, 0.6) is 17.2 Å². The summed E-state index contributed by atoms with van der Waals surface area (Å²) in [6.45, 7) is 8.47. The van der Waals surface area contributed by atoms with Gasteiger partial charge in [-0.15, -0.1) is 0 Å². The van der Waals surface area contributed by atoms with Crippen molar-refractivity contribution in [3.63, 3.8) is 0 Å². The Kier molecular flexibility index (Phi) is 12.5. The zero-order valence-electron chi connectivity index (χ0n) is 19.7. The van der Waals surface area contributed by atoms with E-state index >= 15 is 0 Å². The summed E-state index contributed by atoms with van der Waals surface area (Å²) < 4.78 is 18.3. The third-order valence-corrected chi connectivity index (χ3v) is 5.11. The van der Waals surface area contributed by atoms with E-state index in [9.17, 15) is 0 Å². The summed E-state index contributed by atoms with van der Waals surface area (Å²) in [5, 5.41) is 0.741. The SMILES string of the molecule is CCCCOc1cc(/C=C/C=C/c2ccc(Cl)cc2)cc(OCCCC)c1OCCCC. The summed E-state index contributed by atoms with van der Waals surface area (Å²) in [7, 11) is 0. The highest BCUT2D eigenvalue weighted by Crippen LogP contribution is 2.40. The molecule has 0 heterocycles. The second-order valence-corrected chi connectivity index (χ2v) is 8.16. The van der Waals surface area contributed by atoms with Crippen LogP contribution in [-0.2, 0) is 0 Å². The molecule has 32 heavy (non-hydrogen) atoms. The summed E-state index contributed by atoms with van der Waals surface area (Å²) in [5.41, 5.74) is 2.12. The Labute approximate surface area is 199 Å². The van der Waals surface area contributed by atoms with Crippen molar-refractivity contribution in [3.8, 4) is 17.2 Å². The molecule has 2 aromatic carbocycles. The molecule has 2 aromatic rings. The van der Waals surface area contributed by atoms with Crippen molar-refractivity contribution >= 4 is 23.8 Å². The Morgan fingerprint density at radius 1 is 0.656 bits per heavy atom. The summed E-state index contributed by atoms with van der Waals surface area (Å²) in [4.78, 5) is 0. The van der Waals surface area contributed by atoms with Gasteiger partial charge in [0.1, 0.15) is 0 Å². The number of rotatable bonds is 15. The fraction of sp³-hybridized carbons (Fsp3) is 0.429. The van der Waals surface area contributed by atoms with E-state index in [1.807, 2.05) is 54.6 Å². The minimum atomic E-state index is 0.657. The van der Waals surface area contributed by atoms with Gasteiger partial charge in [-0.3, -0.25) is 0 Å². The van der Waals surface area contributed by atoms with Crippen LogP contribution in [0, 0.1) is 0 Å². The van der Waals surface area contributed by atoms with Crippen LogP contribution in [0.2, 0.25) is 5.02 Å². The number of hydrogen-bond acceptors (Lipinski definition) is 3. The second kappa shape index (κ2) is 15.4. The zero-order chi connectivity index (χ0) is 23.0. The molecule has 0 aromatic heterocycles. The van der Waals surface area contributed by atoms with E-state index in [1.165, 1.54) is 0 Å². The van der Waals surface area contributed by atoms with Crippen LogP contribution in [0.25, 0.3) is 12.2 Å². The van der Waals surface area contributed by atoms with Crippen molar-refractivity contribution in [2.75, 3.05) is 19.8 Å². The molecule has 0 aliphatic rings. The van der Waals surface area contributed by atoms with E-state index in [0.717, 1.165) is 71.9 Å². The van der Waals surface area contributed by atoms with Gasteiger partial charge in [-0.1, -0.05) is 88.1 Å². The van der Waals surface area contributed by atoms with Gasteiger partial charge >= 0.3 is 0 Å². The molecule has 3 nitrogen and oxygen atoms in total. The van der Waals surface area contributed by atoms with Crippen LogP contribution in [0.15, 0.2) is 48.6 Å². The highest BCUT2D eigenvalue weighted by Gasteiger charge is 2.15. The molecule has 2 rings (SSSR count). The van der Waals surface area contributed by atoms with Crippen molar-refractivity contribution in [3.05, 3.63) is 64.7 Å². The van der Waals surface area contributed by atoms with Gasteiger partial charge in [0.25, 0.3) is 0 Å². The van der Waals surface area contributed by atoms with Gasteiger partial charge in [0, 0.05) is 5.02 Å². The molecule has 174 valence electrons. The van der Waals surface area contributed by atoms with Crippen LogP contribution < -0.4 is 14.2 Å². The zero-order valence-corrected chi connectivity index (χ0v) is 20.5. The van der Waals surface area contributed by atoms with Gasteiger partial charge < -0.3 is 14.2 Å². The molecule has 0 bridgehead atoms. The molecule has 0 spiro atoms. The Morgan fingerprint density at radius 3 is 1.62 bits per heavy atom. The third-order valence-electron chi connectivity index (χ3n) is 4.86. The van der Waals surface area contributed by atoms with Crippen molar-refractivity contribution in [2.45, 2.75) is 59.3 Å². The Bertz CT molecular complexity index is 809. The average molecular weight is 457 g/mol. The molecule has 0 N–H and O–H groups in total. The van der Waals surface area contributed by atoms with Crippen LogP contribution in [0.1, 0.15) is 70.4 Å². The summed E-state index contributed by atoms with van der Waals surface area (Å²) in [6, 6.07) is 11.8. The maximum atomic E-state index is 6.12. The number of unbranched alkanes of at least 4 members (excludes halogenated alkanes) is 3. The van der Waals surface area contributed by atoms with Crippen LogP contribution in [0.4, 0.5) is 0 Å². The van der Waals surface area contributed by atoms with E-state index in [1.54, 1.807) is 0 Å². The number of ether oxygens (including phenoxy) is 3. The Balaban J connectivity index is 2.25. The molecule has 0 radical (unpaired) electrons. The minimum absolute atomic E-state index is 0.657. The van der Waals surface area contributed by atoms with Gasteiger partial charge in [-0.25, -0.2) is 0 Å². The molecule has 0 unspecified atom stereocenters. The maximum Gasteiger partial charge on any atom is 0.203 e. The number of benzene rings is 2. The molecule has 0 amide bonds. The van der Waals surface area contributed by atoms with Gasteiger partial charge in [-0.05, 0) is 54.7 Å². The van der Waals surface area contributed by atoms with Crippen LogP contribution in [0.3, 0.4) is 0 Å². The number of hydrogen-bond donors (Lipinski definition) is 0. The van der Waals surface area contributed by atoms with Crippen molar-refractivity contribution < 1.29 is 14.2 Å². The fourth-order valence-corrected chi connectivity index (χ4v) is 3.05. The standard InChI is InChI=1S/C28H37ClO3/c1-4-7-18-30-26-21-24(13-11-10-12-23-14-16-25(29)17-15-23)22-27(31-19-8-5-2)28(26)32-20-9-6-3/h10-17,21-22H,4-9,18-20H2,1-3H3/b12-10+,13-11+. The Morgan fingerprint density at radius 2 is 1.12 bits per heavy atom. The maximum absolute atomic E-state index is 6.12. The smallest absolute Gasteiger partial charge is 0.203 e. The van der Waals surface area contributed by atoms with E-state index < -0.39 is 0 Å². The van der Waals surface area contributed by atoms with Gasteiger partial charge in [0.05, 0.1) is 19.8 Å².